The number of hydrogen-bond acceptors (Lipinski definition) is 5. The molecule has 2 aromatic heterocycles. The van der Waals surface area contributed by atoms with Crippen molar-refractivity contribution in [1.29, 1.82) is 0 Å². The number of rotatable bonds is 4. The molecule has 0 saturated carbocycles. The van der Waals surface area contributed by atoms with Gasteiger partial charge in [0.2, 0.25) is 0 Å². The fourth-order valence-electron chi connectivity index (χ4n) is 2.67. The Bertz CT molecular complexity index is 924. The van der Waals surface area contributed by atoms with Crippen LogP contribution in [-0.4, -0.2) is 26.6 Å². The first-order valence-electron chi connectivity index (χ1n) is 7.86. The normalized spacial score (nSPS) is 11.2. The van der Waals surface area contributed by atoms with E-state index in [-0.39, 0.29) is 34.2 Å². The van der Waals surface area contributed by atoms with Gasteiger partial charge in [-0.25, -0.2) is 9.78 Å². The maximum atomic E-state index is 12.6. The van der Waals surface area contributed by atoms with Crippen LogP contribution in [0.2, 0.25) is 0 Å². The minimum Gasteiger partial charge on any atom is -0.383 e. The highest BCUT2D eigenvalue weighted by Crippen LogP contribution is 2.22. The molecule has 0 saturated heterocycles. The summed E-state index contributed by atoms with van der Waals surface area (Å²) in [6.45, 7) is 6.28. The van der Waals surface area contributed by atoms with Crippen molar-refractivity contribution >= 4 is 22.8 Å². The summed E-state index contributed by atoms with van der Waals surface area (Å²) >= 11 is 0. The first-order valence-corrected chi connectivity index (χ1v) is 7.86. The third-order valence-corrected chi connectivity index (χ3v) is 3.97. The van der Waals surface area contributed by atoms with E-state index >= 15 is 0 Å². The number of carbonyl (C=O) groups excluding carboxylic acids is 1. The molecule has 3 N–H and O–H groups in total. The van der Waals surface area contributed by atoms with Crippen molar-refractivity contribution in [3.63, 3.8) is 0 Å². The van der Waals surface area contributed by atoms with Crippen molar-refractivity contribution in [2.24, 2.45) is 20.0 Å². The number of carbonyl (C=O) groups is 1. The topological polar surface area (TPSA) is 112 Å². The summed E-state index contributed by atoms with van der Waals surface area (Å²) in [4.78, 5) is 41.3. The number of hydrogen-bond donors (Lipinski definition) is 2. The van der Waals surface area contributed by atoms with Gasteiger partial charge in [0.15, 0.2) is 5.65 Å². The summed E-state index contributed by atoms with van der Waals surface area (Å²) < 4.78 is 2.28. The molecule has 0 spiro atoms. The van der Waals surface area contributed by atoms with Crippen molar-refractivity contribution < 1.29 is 4.79 Å². The molecule has 8 heteroatoms. The predicted octanol–water partition coefficient (Wildman–Crippen LogP) is 0.163. The first-order chi connectivity index (χ1) is 11.2. The highest BCUT2D eigenvalue weighted by atomic mass is 16.2. The lowest BCUT2D eigenvalue weighted by molar-refractivity contribution is 0.0949. The minimum absolute atomic E-state index is 0.0175. The summed E-state index contributed by atoms with van der Waals surface area (Å²) in [5, 5.41) is 3.06. The second kappa shape index (κ2) is 6.46. The molecule has 8 nitrogen and oxygen atoms in total. The quantitative estimate of drug-likeness (QED) is 0.828. The van der Waals surface area contributed by atoms with Crippen molar-refractivity contribution in [2.75, 3.05) is 12.3 Å². The Morgan fingerprint density at radius 2 is 1.88 bits per heavy atom. The average Bonchev–Trinajstić information content (AvgIpc) is 2.54. The maximum absolute atomic E-state index is 12.6. The molecule has 130 valence electrons. The van der Waals surface area contributed by atoms with Crippen LogP contribution in [-0.2, 0) is 20.5 Å². The van der Waals surface area contributed by atoms with Crippen LogP contribution >= 0.6 is 0 Å². The molecule has 0 radical (unpaired) electrons. The van der Waals surface area contributed by atoms with E-state index in [9.17, 15) is 14.4 Å². The van der Waals surface area contributed by atoms with E-state index in [1.54, 1.807) is 0 Å². The van der Waals surface area contributed by atoms with Crippen LogP contribution < -0.4 is 22.3 Å². The van der Waals surface area contributed by atoms with Gasteiger partial charge in [-0.2, -0.15) is 0 Å². The van der Waals surface area contributed by atoms with Crippen molar-refractivity contribution in [3.8, 4) is 0 Å². The van der Waals surface area contributed by atoms with Gasteiger partial charge in [0, 0.05) is 20.6 Å². The van der Waals surface area contributed by atoms with Crippen LogP contribution in [0.15, 0.2) is 9.59 Å². The minimum atomic E-state index is -0.488. The molecule has 2 aromatic rings. The van der Waals surface area contributed by atoms with E-state index in [0.717, 1.165) is 4.57 Å². The lowest BCUT2D eigenvalue weighted by Gasteiger charge is -2.16. The fraction of sp³-hybridized carbons (Fsp3) is 0.500. The molecular formula is C16H23N5O3. The molecule has 2 heterocycles. The van der Waals surface area contributed by atoms with Gasteiger partial charge in [-0.3, -0.25) is 18.7 Å². The number of fused-ring (bicyclic) bond motifs is 1. The van der Waals surface area contributed by atoms with Crippen LogP contribution in [0.5, 0.6) is 0 Å². The zero-order valence-electron chi connectivity index (χ0n) is 14.6. The smallest absolute Gasteiger partial charge is 0.332 e. The molecule has 0 atom stereocenters. The van der Waals surface area contributed by atoms with E-state index in [0.29, 0.717) is 18.5 Å². The first kappa shape index (κ1) is 17.7. The Hall–Kier alpha value is -2.64. The van der Waals surface area contributed by atoms with Gasteiger partial charge in [-0.05, 0) is 17.9 Å². The van der Waals surface area contributed by atoms with E-state index in [1.807, 2.05) is 20.8 Å². The Balaban J connectivity index is 2.84. The summed E-state index contributed by atoms with van der Waals surface area (Å²) in [5.74, 6) is -0.0606. The lowest BCUT2D eigenvalue weighted by atomic mass is 10.0. The number of nitrogens with one attached hydrogen (secondary N) is 1. The monoisotopic (exact) mass is 333 g/mol. The number of nitrogens with two attached hydrogens (primary N) is 1. The molecule has 0 aliphatic heterocycles. The zero-order valence-corrected chi connectivity index (χ0v) is 14.6. The fourth-order valence-corrected chi connectivity index (χ4v) is 2.67. The number of aromatic nitrogens is 3. The molecule has 0 bridgehead atoms. The molecule has 2 rings (SSSR count). The molecule has 0 aliphatic carbocycles. The van der Waals surface area contributed by atoms with Gasteiger partial charge in [-0.1, -0.05) is 20.8 Å². The lowest BCUT2D eigenvalue weighted by Crippen LogP contribution is -2.38. The van der Waals surface area contributed by atoms with E-state index in [2.05, 4.69) is 10.3 Å². The van der Waals surface area contributed by atoms with Gasteiger partial charge in [-0.15, -0.1) is 0 Å². The highest BCUT2D eigenvalue weighted by molar-refractivity contribution is 6.03. The number of amides is 1. The Kier molecular flexibility index (Phi) is 4.77. The SMILES string of the molecule is CCc1c(C(=O)NCC(C)C)c(N)nc2c1c(=O)n(C)c(=O)n2C. The molecule has 24 heavy (non-hydrogen) atoms. The molecule has 0 aliphatic rings. The number of nitrogen functional groups attached to an aromatic ring is 1. The zero-order chi connectivity index (χ0) is 18.2. The summed E-state index contributed by atoms with van der Waals surface area (Å²) in [5.41, 5.74) is 5.93. The highest BCUT2D eigenvalue weighted by Gasteiger charge is 2.23. The van der Waals surface area contributed by atoms with Crippen LogP contribution in [0.4, 0.5) is 5.82 Å². The van der Waals surface area contributed by atoms with Crippen LogP contribution in [0.3, 0.4) is 0 Å². The maximum Gasteiger partial charge on any atom is 0.332 e. The van der Waals surface area contributed by atoms with Gasteiger partial charge >= 0.3 is 5.69 Å². The molecule has 1 amide bonds. The van der Waals surface area contributed by atoms with Crippen LogP contribution in [0.25, 0.3) is 11.0 Å². The molecule has 0 aromatic carbocycles. The van der Waals surface area contributed by atoms with E-state index in [1.165, 1.54) is 18.7 Å². The van der Waals surface area contributed by atoms with Crippen molar-refractivity contribution in [3.05, 3.63) is 32.0 Å². The number of nitrogens with zero attached hydrogens (tertiary/aromatic N) is 3. The average molecular weight is 333 g/mol. The Morgan fingerprint density at radius 3 is 2.42 bits per heavy atom. The number of aryl methyl sites for hydroxylation is 2. The predicted molar refractivity (Wildman–Crippen MR) is 93.2 cm³/mol. The second-order valence-electron chi connectivity index (χ2n) is 6.21. The standard InChI is InChI=1S/C16H23N5O3/c1-6-9-10(14(22)18-7-8(2)3)12(17)19-13-11(9)15(23)21(5)16(24)20(13)4/h8H,6-7H2,1-5H3,(H2,17,19)(H,18,22). The van der Waals surface area contributed by atoms with Crippen molar-refractivity contribution in [1.82, 2.24) is 19.4 Å². The molecule has 0 fully saturated rings. The number of anilines is 1. The molecular weight excluding hydrogens is 310 g/mol. The molecule has 0 unspecified atom stereocenters. The van der Waals surface area contributed by atoms with Gasteiger partial charge in [0.05, 0.1) is 10.9 Å². The summed E-state index contributed by atoms with van der Waals surface area (Å²) in [6, 6.07) is 0. The summed E-state index contributed by atoms with van der Waals surface area (Å²) in [7, 11) is 2.92. The Labute approximate surface area is 139 Å². The van der Waals surface area contributed by atoms with E-state index < -0.39 is 11.2 Å². The largest absolute Gasteiger partial charge is 0.383 e. The van der Waals surface area contributed by atoms with E-state index in [4.69, 9.17) is 5.73 Å². The second-order valence-corrected chi connectivity index (χ2v) is 6.21. The van der Waals surface area contributed by atoms with Crippen LogP contribution in [0.1, 0.15) is 36.7 Å². The third-order valence-electron chi connectivity index (χ3n) is 3.97. The third kappa shape index (κ3) is 2.79. The Morgan fingerprint density at radius 1 is 1.25 bits per heavy atom. The number of pyridine rings is 1. The van der Waals surface area contributed by atoms with Crippen molar-refractivity contribution in [2.45, 2.75) is 27.2 Å². The van der Waals surface area contributed by atoms with Crippen LogP contribution in [0, 0.1) is 5.92 Å². The summed E-state index contributed by atoms with van der Waals surface area (Å²) in [6.07, 6.45) is 0.418. The van der Waals surface area contributed by atoms with Gasteiger partial charge in [0.1, 0.15) is 5.82 Å². The van der Waals surface area contributed by atoms with Gasteiger partial charge in [0.25, 0.3) is 11.5 Å². The van der Waals surface area contributed by atoms with Gasteiger partial charge < -0.3 is 11.1 Å².